The molecule has 0 aliphatic carbocycles. The molecule has 0 saturated carbocycles. The van der Waals surface area contributed by atoms with Gasteiger partial charge in [0.05, 0.1) is 7.11 Å². The molecule has 1 unspecified atom stereocenters. The summed E-state index contributed by atoms with van der Waals surface area (Å²) >= 11 is 0. The summed E-state index contributed by atoms with van der Waals surface area (Å²) in [6.07, 6.45) is 1.02. The summed E-state index contributed by atoms with van der Waals surface area (Å²) in [6.45, 7) is 10.5. The Kier molecular flexibility index (Phi) is 6.60. The molecule has 4 nitrogen and oxygen atoms in total. The molecule has 0 spiro atoms. The van der Waals surface area contributed by atoms with Crippen molar-refractivity contribution in [2.45, 2.75) is 40.2 Å². The van der Waals surface area contributed by atoms with Gasteiger partial charge in [0.2, 0.25) is 0 Å². The highest BCUT2D eigenvalue weighted by Crippen LogP contribution is 2.17. The summed E-state index contributed by atoms with van der Waals surface area (Å²) in [5.74, 6) is -0.179. The highest BCUT2D eigenvalue weighted by molar-refractivity contribution is 5.75. The number of rotatable bonds is 7. The van der Waals surface area contributed by atoms with E-state index in [2.05, 4.69) is 25.7 Å². The lowest BCUT2D eigenvalue weighted by molar-refractivity contribution is -0.146. The van der Waals surface area contributed by atoms with Gasteiger partial charge in [0.25, 0.3) is 0 Å². The molecule has 1 atom stereocenters. The summed E-state index contributed by atoms with van der Waals surface area (Å²) < 4.78 is 4.78. The first-order valence-electron chi connectivity index (χ1n) is 5.90. The van der Waals surface area contributed by atoms with Gasteiger partial charge in [-0.05, 0) is 31.8 Å². The third-order valence-corrected chi connectivity index (χ3v) is 2.78. The fourth-order valence-electron chi connectivity index (χ4n) is 1.63. The minimum Gasteiger partial charge on any atom is -0.468 e. The van der Waals surface area contributed by atoms with Crippen LogP contribution in [0.3, 0.4) is 0 Å². The van der Waals surface area contributed by atoms with Crippen molar-refractivity contribution < 1.29 is 9.53 Å². The average Bonchev–Trinajstić information content (AvgIpc) is 2.26. The summed E-state index contributed by atoms with van der Waals surface area (Å²) in [4.78, 5) is 13.6. The molecule has 2 N–H and O–H groups in total. The van der Waals surface area contributed by atoms with E-state index in [4.69, 9.17) is 10.5 Å². The van der Waals surface area contributed by atoms with Crippen molar-refractivity contribution in [3.63, 3.8) is 0 Å². The van der Waals surface area contributed by atoms with Gasteiger partial charge in [-0.1, -0.05) is 20.8 Å². The zero-order valence-electron chi connectivity index (χ0n) is 11.2. The molecule has 4 heteroatoms. The smallest absolute Gasteiger partial charge is 0.322 e. The molecule has 0 aromatic heterocycles. The Morgan fingerprint density at radius 2 is 2.06 bits per heavy atom. The van der Waals surface area contributed by atoms with Crippen molar-refractivity contribution >= 4 is 5.97 Å². The SMILES string of the molecule is CCCN(CC(C)(C)CN)C(C)C(=O)OC. The van der Waals surface area contributed by atoms with Gasteiger partial charge in [-0.2, -0.15) is 0 Å². The third kappa shape index (κ3) is 4.94. The molecule has 0 amide bonds. The minimum absolute atomic E-state index is 0.0252. The number of carbonyl (C=O) groups excluding carboxylic acids is 1. The van der Waals surface area contributed by atoms with Gasteiger partial charge in [-0.3, -0.25) is 9.69 Å². The monoisotopic (exact) mass is 230 g/mol. The quantitative estimate of drug-likeness (QED) is 0.669. The summed E-state index contributed by atoms with van der Waals surface area (Å²) in [5, 5.41) is 0. The normalized spacial score (nSPS) is 13.9. The lowest BCUT2D eigenvalue weighted by atomic mass is 9.92. The molecule has 0 aromatic rings. The predicted octanol–water partition coefficient (Wildman–Crippen LogP) is 1.24. The highest BCUT2D eigenvalue weighted by atomic mass is 16.5. The topological polar surface area (TPSA) is 55.6 Å². The van der Waals surface area contributed by atoms with E-state index >= 15 is 0 Å². The van der Waals surface area contributed by atoms with Crippen LogP contribution in [0.2, 0.25) is 0 Å². The van der Waals surface area contributed by atoms with Crippen LogP contribution in [0.5, 0.6) is 0 Å². The Hall–Kier alpha value is -0.610. The molecular weight excluding hydrogens is 204 g/mol. The first kappa shape index (κ1) is 15.4. The molecule has 0 fully saturated rings. The Morgan fingerprint density at radius 1 is 1.50 bits per heavy atom. The standard InChI is InChI=1S/C12H26N2O2/c1-6-7-14(9-12(3,4)8-13)10(2)11(15)16-5/h10H,6-9,13H2,1-5H3. The van der Waals surface area contributed by atoms with E-state index < -0.39 is 0 Å². The average molecular weight is 230 g/mol. The van der Waals surface area contributed by atoms with Crippen molar-refractivity contribution in [1.29, 1.82) is 0 Å². The highest BCUT2D eigenvalue weighted by Gasteiger charge is 2.27. The van der Waals surface area contributed by atoms with Crippen LogP contribution in [0.15, 0.2) is 0 Å². The van der Waals surface area contributed by atoms with Gasteiger partial charge in [0.1, 0.15) is 6.04 Å². The van der Waals surface area contributed by atoms with Crippen LogP contribution < -0.4 is 5.73 Å². The second-order valence-corrected chi connectivity index (χ2v) is 5.04. The molecule has 0 aliphatic heterocycles. The first-order chi connectivity index (χ1) is 7.37. The van der Waals surface area contributed by atoms with E-state index in [1.807, 2.05) is 6.92 Å². The Balaban J connectivity index is 4.54. The molecule has 0 aromatic carbocycles. The lowest BCUT2D eigenvalue weighted by Crippen LogP contribution is -2.46. The van der Waals surface area contributed by atoms with E-state index in [-0.39, 0.29) is 17.4 Å². The van der Waals surface area contributed by atoms with Crippen LogP contribution >= 0.6 is 0 Å². The van der Waals surface area contributed by atoms with Crippen LogP contribution in [0.4, 0.5) is 0 Å². The maximum Gasteiger partial charge on any atom is 0.322 e. The van der Waals surface area contributed by atoms with E-state index in [0.717, 1.165) is 19.5 Å². The fourth-order valence-corrected chi connectivity index (χ4v) is 1.63. The van der Waals surface area contributed by atoms with Crippen molar-refractivity contribution in [1.82, 2.24) is 4.90 Å². The number of hydrogen-bond donors (Lipinski definition) is 1. The summed E-state index contributed by atoms with van der Waals surface area (Å²) in [7, 11) is 1.43. The molecular formula is C12H26N2O2. The van der Waals surface area contributed by atoms with Crippen LogP contribution in [-0.4, -0.2) is 43.7 Å². The Labute approximate surface area is 99.1 Å². The molecule has 0 saturated heterocycles. The fraction of sp³-hybridized carbons (Fsp3) is 0.917. The zero-order chi connectivity index (χ0) is 12.8. The number of methoxy groups -OCH3 is 1. The molecule has 96 valence electrons. The second kappa shape index (κ2) is 6.86. The number of esters is 1. The van der Waals surface area contributed by atoms with Gasteiger partial charge in [-0.15, -0.1) is 0 Å². The van der Waals surface area contributed by atoms with Crippen molar-refractivity contribution in [3.8, 4) is 0 Å². The van der Waals surface area contributed by atoms with Gasteiger partial charge >= 0.3 is 5.97 Å². The number of nitrogens with zero attached hydrogens (tertiary/aromatic N) is 1. The first-order valence-corrected chi connectivity index (χ1v) is 5.90. The van der Waals surface area contributed by atoms with E-state index in [9.17, 15) is 4.79 Å². The third-order valence-electron chi connectivity index (χ3n) is 2.78. The Morgan fingerprint density at radius 3 is 2.44 bits per heavy atom. The van der Waals surface area contributed by atoms with E-state index in [1.54, 1.807) is 0 Å². The van der Waals surface area contributed by atoms with Crippen molar-refractivity contribution in [3.05, 3.63) is 0 Å². The zero-order valence-corrected chi connectivity index (χ0v) is 11.2. The van der Waals surface area contributed by atoms with Gasteiger partial charge in [0, 0.05) is 6.54 Å². The van der Waals surface area contributed by atoms with E-state index in [1.165, 1.54) is 7.11 Å². The van der Waals surface area contributed by atoms with Crippen LogP contribution in [0.25, 0.3) is 0 Å². The van der Waals surface area contributed by atoms with Gasteiger partial charge in [0.15, 0.2) is 0 Å². The van der Waals surface area contributed by atoms with Crippen molar-refractivity contribution in [2.75, 3.05) is 26.7 Å². The largest absolute Gasteiger partial charge is 0.468 e. The predicted molar refractivity (Wildman–Crippen MR) is 66.2 cm³/mol. The van der Waals surface area contributed by atoms with Crippen LogP contribution in [-0.2, 0) is 9.53 Å². The van der Waals surface area contributed by atoms with Gasteiger partial charge < -0.3 is 10.5 Å². The Bertz CT molecular complexity index is 217. The van der Waals surface area contributed by atoms with Crippen LogP contribution in [0, 0.1) is 5.41 Å². The molecule has 0 bridgehead atoms. The molecule has 0 radical (unpaired) electrons. The molecule has 0 aliphatic rings. The maximum absolute atomic E-state index is 11.5. The number of carbonyl (C=O) groups is 1. The number of hydrogen-bond acceptors (Lipinski definition) is 4. The number of ether oxygens (including phenoxy) is 1. The van der Waals surface area contributed by atoms with Gasteiger partial charge in [-0.25, -0.2) is 0 Å². The molecule has 0 heterocycles. The molecule has 0 rings (SSSR count). The van der Waals surface area contributed by atoms with Crippen molar-refractivity contribution in [2.24, 2.45) is 11.1 Å². The number of nitrogens with two attached hydrogens (primary N) is 1. The lowest BCUT2D eigenvalue weighted by Gasteiger charge is -2.34. The maximum atomic E-state index is 11.5. The van der Waals surface area contributed by atoms with Crippen LogP contribution in [0.1, 0.15) is 34.1 Å². The van der Waals surface area contributed by atoms with E-state index in [0.29, 0.717) is 6.54 Å². The summed E-state index contributed by atoms with van der Waals surface area (Å²) in [6, 6.07) is -0.198. The molecule has 16 heavy (non-hydrogen) atoms. The second-order valence-electron chi connectivity index (χ2n) is 5.04. The summed E-state index contributed by atoms with van der Waals surface area (Å²) in [5.41, 5.74) is 5.74. The minimum atomic E-state index is -0.198.